The number of nitro benzene ring substituents is 1. The summed E-state index contributed by atoms with van der Waals surface area (Å²) in [5.74, 6) is -0.587. The minimum atomic E-state index is -0.577. The van der Waals surface area contributed by atoms with Crippen molar-refractivity contribution >= 4 is 29.3 Å². The summed E-state index contributed by atoms with van der Waals surface area (Å²) in [4.78, 5) is 35.9. The average molecular weight is 417 g/mol. The highest BCUT2D eigenvalue weighted by molar-refractivity contribution is 6.11. The van der Waals surface area contributed by atoms with Crippen LogP contribution in [0, 0.1) is 10.1 Å². The third kappa shape index (κ3) is 5.54. The van der Waals surface area contributed by atoms with Gasteiger partial charge in [0, 0.05) is 17.7 Å². The van der Waals surface area contributed by atoms with Crippen LogP contribution in [0.25, 0.3) is 6.08 Å². The standard InChI is InChI=1S/C23H19N3O5/c1-31-21-10-6-5-9-19(21)24-23(28)20(25-22(27)17-7-3-2-4-8-17)15-16-11-13-18(14-12-16)26(29)30/h2-15H,1H3,(H,24,28)(H,25,27)/b20-15-. The Labute approximate surface area is 178 Å². The van der Waals surface area contributed by atoms with E-state index in [9.17, 15) is 19.7 Å². The predicted molar refractivity (Wildman–Crippen MR) is 117 cm³/mol. The van der Waals surface area contributed by atoms with E-state index in [0.717, 1.165) is 0 Å². The highest BCUT2D eigenvalue weighted by atomic mass is 16.6. The number of rotatable bonds is 7. The third-order valence-electron chi connectivity index (χ3n) is 4.30. The molecule has 2 N–H and O–H groups in total. The fourth-order valence-corrected chi connectivity index (χ4v) is 2.74. The highest BCUT2D eigenvalue weighted by Crippen LogP contribution is 2.24. The van der Waals surface area contributed by atoms with E-state index in [1.807, 2.05) is 0 Å². The number of carbonyl (C=O) groups is 2. The number of benzene rings is 3. The Bertz CT molecular complexity index is 1130. The Balaban J connectivity index is 1.91. The molecule has 0 aliphatic carbocycles. The summed E-state index contributed by atoms with van der Waals surface area (Å²) in [6, 6.07) is 20.9. The summed E-state index contributed by atoms with van der Waals surface area (Å²) in [6.07, 6.45) is 1.44. The number of hydrogen-bond donors (Lipinski definition) is 2. The van der Waals surface area contributed by atoms with E-state index in [1.165, 1.54) is 37.5 Å². The highest BCUT2D eigenvalue weighted by Gasteiger charge is 2.16. The van der Waals surface area contributed by atoms with Crippen LogP contribution in [0.2, 0.25) is 0 Å². The Morgan fingerprint density at radius 2 is 1.58 bits per heavy atom. The Kier molecular flexibility index (Phi) is 6.74. The number of amides is 2. The molecule has 0 spiro atoms. The van der Waals surface area contributed by atoms with Crippen molar-refractivity contribution in [2.75, 3.05) is 12.4 Å². The van der Waals surface area contributed by atoms with Crippen molar-refractivity contribution in [3.8, 4) is 5.75 Å². The van der Waals surface area contributed by atoms with Gasteiger partial charge in [0.25, 0.3) is 17.5 Å². The molecule has 3 rings (SSSR count). The van der Waals surface area contributed by atoms with Gasteiger partial charge in [-0.05, 0) is 48.0 Å². The molecule has 8 heteroatoms. The maximum Gasteiger partial charge on any atom is 0.272 e. The molecule has 0 bridgehead atoms. The Morgan fingerprint density at radius 1 is 0.935 bits per heavy atom. The maximum absolute atomic E-state index is 13.0. The number of nitro groups is 1. The summed E-state index contributed by atoms with van der Waals surface area (Å²) >= 11 is 0. The first kappa shape index (κ1) is 21.3. The minimum absolute atomic E-state index is 0.0337. The fourth-order valence-electron chi connectivity index (χ4n) is 2.74. The van der Waals surface area contributed by atoms with E-state index < -0.39 is 16.7 Å². The maximum atomic E-state index is 13.0. The van der Waals surface area contributed by atoms with Crippen LogP contribution in [0.3, 0.4) is 0 Å². The average Bonchev–Trinajstić information content (AvgIpc) is 2.79. The molecule has 0 heterocycles. The number of methoxy groups -OCH3 is 1. The molecule has 0 saturated heterocycles. The van der Waals surface area contributed by atoms with Crippen molar-refractivity contribution in [2.24, 2.45) is 0 Å². The zero-order valence-electron chi connectivity index (χ0n) is 16.6. The molecule has 3 aromatic carbocycles. The lowest BCUT2D eigenvalue weighted by molar-refractivity contribution is -0.384. The molecule has 0 unspecified atom stereocenters. The van der Waals surface area contributed by atoms with Crippen molar-refractivity contribution in [1.29, 1.82) is 0 Å². The molecular weight excluding hydrogens is 398 g/mol. The Morgan fingerprint density at radius 3 is 2.23 bits per heavy atom. The molecule has 0 aromatic heterocycles. The van der Waals surface area contributed by atoms with E-state index in [2.05, 4.69) is 10.6 Å². The smallest absolute Gasteiger partial charge is 0.272 e. The molecular formula is C23H19N3O5. The third-order valence-corrected chi connectivity index (χ3v) is 4.30. The minimum Gasteiger partial charge on any atom is -0.495 e. The van der Waals surface area contributed by atoms with Gasteiger partial charge in [-0.3, -0.25) is 19.7 Å². The second-order valence-electron chi connectivity index (χ2n) is 6.38. The van der Waals surface area contributed by atoms with E-state index in [4.69, 9.17) is 4.74 Å². The van der Waals surface area contributed by atoms with Gasteiger partial charge in [0.2, 0.25) is 0 Å². The first-order valence-electron chi connectivity index (χ1n) is 9.25. The number of carbonyl (C=O) groups excluding carboxylic acids is 2. The molecule has 0 fully saturated rings. The quantitative estimate of drug-likeness (QED) is 0.343. The lowest BCUT2D eigenvalue weighted by Gasteiger charge is -2.13. The molecule has 0 atom stereocenters. The van der Waals surface area contributed by atoms with Crippen molar-refractivity contribution in [3.63, 3.8) is 0 Å². The topological polar surface area (TPSA) is 111 Å². The van der Waals surface area contributed by atoms with Crippen LogP contribution < -0.4 is 15.4 Å². The first-order valence-corrected chi connectivity index (χ1v) is 9.25. The number of nitrogens with one attached hydrogen (secondary N) is 2. The number of para-hydroxylation sites is 2. The summed E-state index contributed by atoms with van der Waals surface area (Å²) < 4.78 is 5.24. The van der Waals surface area contributed by atoms with Crippen LogP contribution in [0.15, 0.2) is 84.6 Å². The summed E-state index contributed by atoms with van der Waals surface area (Å²) in [7, 11) is 1.48. The van der Waals surface area contributed by atoms with Gasteiger partial charge >= 0.3 is 0 Å². The van der Waals surface area contributed by atoms with E-state index in [0.29, 0.717) is 22.6 Å². The largest absolute Gasteiger partial charge is 0.495 e. The molecule has 8 nitrogen and oxygen atoms in total. The molecule has 0 saturated carbocycles. The predicted octanol–water partition coefficient (Wildman–Crippen LogP) is 4.01. The van der Waals surface area contributed by atoms with Gasteiger partial charge in [-0.15, -0.1) is 0 Å². The number of ether oxygens (including phenoxy) is 1. The summed E-state index contributed by atoms with van der Waals surface area (Å²) in [5, 5.41) is 16.2. The number of nitrogens with zero attached hydrogens (tertiary/aromatic N) is 1. The zero-order chi connectivity index (χ0) is 22.2. The van der Waals surface area contributed by atoms with Gasteiger partial charge in [-0.1, -0.05) is 30.3 Å². The summed E-state index contributed by atoms with van der Waals surface area (Å²) in [5.41, 5.74) is 1.20. The van der Waals surface area contributed by atoms with Gasteiger partial charge < -0.3 is 15.4 Å². The van der Waals surface area contributed by atoms with Gasteiger partial charge in [0.15, 0.2) is 0 Å². The SMILES string of the molecule is COc1ccccc1NC(=O)/C(=C/c1ccc([N+](=O)[O-])cc1)NC(=O)c1ccccc1. The van der Waals surface area contributed by atoms with Crippen molar-refractivity contribution in [2.45, 2.75) is 0 Å². The number of hydrogen-bond acceptors (Lipinski definition) is 5. The fraction of sp³-hybridized carbons (Fsp3) is 0.0435. The zero-order valence-corrected chi connectivity index (χ0v) is 16.6. The molecule has 0 aliphatic heterocycles. The van der Waals surface area contributed by atoms with E-state index in [-0.39, 0.29) is 11.4 Å². The van der Waals surface area contributed by atoms with Gasteiger partial charge in [-0.2, -0.15) is 0 Å². The van der Waals surface area contributed by atoms with Gasteiger partial charge in [0.05, 0.1) is 17.7 Å². The van der Waals surface area contributed by atoms with Crippen LogP contribution in [-0.4, -0.2) is 23.8 Å². The molecule has 0 radical (unpaired) electrons. The van der Waals surface area contributed by atoms with Crippen LogP contribution in [0.4, 0.5) is 11.4 Å². The number of non-ortho nitro benzene ring substituents is 1. The van der Waals surface area contributed by atoms with Crippen LogP contribution in [0.1, 0.15) is 15.9 Å². The van der Waals surface area contributed by atoms with Gasteiger partial charge in [-0.25, -0.2) is 0 Å². The van der Waals surface area contributed by atoms with Crippen LogP contribution in [0.5, 0.6) is 5.75 Å². The van der Waals surface area contributed by atoms with E-state index >= 15 is 0 Å². The van der Waals surface area contributed by atoms with E-state index in [1.54, 1.807) is 54.6 Å². The molecule has 0 aliphatic rings. The second-order valence-corrected chi connectivity index (χ2v) is 6.38. The normalized spacial score (nSPS) is 10.8. The molecule has 156 valence electrons. The summed E-state index contributed by atoms with van der Waals surface area (Å²) in [6.45, 7) is 0. The Hall–Kier alpha value is -4.46. The van der Waals surface area contributed by atoms with Gasteiger partial charge in [0.1, 0.15) is 11.4 Å². The molecule has 2 amide bonds. The second kappa shape index (κ2) is 9.84. The van der Waals surface area contributed by atoms with Crippen molar-refractivity contribution in [1.82, 2.24) is 5.32 Å². The first-order chi connectivity index (χ1) is 15.0. The van der Waals surface area contributed by atoms with Crippen molar-refractivity contribution in [3.05, 3.63) is 106 Å². The molecule has 3 aromatic rings. The number of anilines is 1. The monoisotopic (exact) mass is 417 g/mol. The lowest BCUT2D eigenvalue weighted by atomic mass is 10.1. The lowest BCUT2D eigenvalue weighted by Crippen LogP contribution is -2.30. The molecule has 31 heavy (non-hydrogen) atoms. The van der Waals surface area contributed by atoms with Crippen LogP contribution >= 0.6 is 0 Å². The van der Waals surface area contributed by atoms with Crippen molar-refractivity contribution < 1.29 is 19.2 Å². The van der Waals surface area contributed by atoms with Crippen LogP contribution in [-0.2, 0) is 4.79 Å².